The molecule has 1 amide bonds. The summed E-state index contributed by atoms with van der Waals surface area (Å²) in [6.45, 7) is 1.89. The van der Waals surface area contributed by atoms with Gasteiger partial charge in [-0.15, -0.1) is 0 Å². The molecular formula is C19H26N2O5S. The van der Waals surface area contributed by atoms with Gasteiger partial charge in [0.25, 0.3) is 5.91 Å². The number of likely N-dealkylation sites (tertiary alicyclic amines) is 1. The van der Waals surface area contributed by atoms with E-state index < -0.39 is 16.0 Å². The monoisotopic (exact) mass is 394 g/mol. The minimum absolute atomic E-state index is 0.0684. The van der Waals surface area contributed by atoms with Gasteiger partial charge >= 0.3 is 5.97 Å². The Balaban J connectivity index is 1.78. The van der Waals surface area contributed by atoms with Crippen molar-refractivity contribution in [3.8, 4) is 0 Å². The van der Waals surface area contributed by atoms with Crippen LogP contribution < -0.4 is 0 Å². The number of amides is 1. The van der Waals surface area contributed by atoms with Gasteiger partial charge in [0.2, 0.25) is 10.0 Å². The van der Waals surface area contributed by atoms with Gasteiger partial charge in [-0.2, -0.15) is 4.31 Å². The molecule has 3 rings (SSSR count). The lowest BCUT2D eigenvalue weighted by Crippen LogP contribution is -2.40. The van der Waals surface area contributed by atoms with Gasteiger partial charge < -0.3 is 10.0 Å². The van der Waals surface area contributed by atoms with Crippen LogP contribution in [0.15, 0.2) is 29.2 Å². The summed E-state index contributed by atoms with van der Waals surface area (Å²) in [4.78, 5) is 25.6. The number of sulfonamides is 1. The Morgan fingerprint density at radius 3 is 2.26 bits per heavy atom. The average Bonchev–Trinajstić information content (AvgIpc) is 2.68. The molecule has 1 aromatic rings. The van der Waals surface area contributed by atoms with Gasteiger partial charge in [0, 0.05) is 32.6 Å². The van der Waals surface area contributed by atoms with Gasteiger partial charge in [-0.1, -0.05) is 18.6 Å². The lowest BCUT2D eigenvalue weighted by Gasteiger charge is -2.32. The molecular weight excluding hydrogens is 368 g/mol. The molecule has 0 bridgehead atoms. The van der Waals surface area contributed by atoms with Crippen LogP contribution in [0, 0.1) is 5.92 Å². The van der Waals surface area contributed by atoms with Crippen molar-refractivity contribution < 1.29 is 23.1 Å². The molecule has 148 valence electrons. The standard InChI is InChI=1S/C19H26N2O5S/c22-18(23)14-15-8-12-20(13-9-15)19(24)16-6-2-3-7-17(16)27(25,26)21-10-4-1-5-11-21/h2-3,6-7,15H,1,4-5,8-14H2,(H,22,23). The summed E-state index contributed by atoms with van der Waals surface area (Å²) in [7, 11) is -3.69. The Labute approximate surface area is 160 Å². The van der Waals surface area contributed by atoms with Gasteiger partial charge in [0.05, 0.1) is 10.5 Å². The zero-order valence-electron chi connectivity index (χ0n) is 15.3. The molecule has 0 aromatic heterocycles. The molecule has 0 radical (unpaired) electrons. The van der Waals surface area contributed by atoms with E-state index in [2.05, 4.69) is 0 Å². The maximum absolute atomic E-state index is 13.1. The molecule has 2 fully saturated rings. The summed E-state index contributed by atoms with van der Waals surface area (Å²) in [6.07, 6.45) is 4.07. The van der Waals surface area contributed by atoms with Crippen molar-refractivity contribution in [1.82, 2.24) is 9.21 Å². The number of nitrogens with zero attached hydrogens (tertiary/aromatic N) is 2. The van der Waals surface area contributed by atoms with Crippen LogP contribution in [0.2, 0.25) is 0 Å². The zero-order valence-corrected chi connectivity index (χ0v) is 16.2. The zero-order chi connectivity index (χ0) is 19.4. The van der Waals surface area contributed by atoms with Crippen molar-refractivity contribution in [3.63, 3.8) is 0 Å². The van der Waals surface area contributed by atoms with E-state index in [0.29, 0.717) is 39.0 Å². The first-order valence-electron chi connectivity index (χ1n) is 9.50. The third-order valence-electron chi connectivity index (χ3n) is 5.42. The molecule has 27 heavy (non-hydrogen) atoms. The second-order valence-electron chi connectivity index (χ2n) is 7.29. The average molecular weight is 394 g/mol. The van der Waals surface area contributed by atoms with Crippen LogP contribution >= 0.6 is 0 Å². The fraction of sp³-hybridized carbons (Fsp3) is 0.579. The number of aliphatic carboxylic acids is 1. The summed E-state index contributed by atoms with van der Waals surface area (Å²) in [5.41, 5.74) is 0.208. The number of carbonyl (C=O) groups excluding carboxylic acids is 1. The molecule has 0 atom stereocenters. The molecule has 0 saturated carbocycles. The van der Waals surface area contributed by atoms with Crippen molar-refractivity contribution in [2.75, 3.05) is 26.2 Å². The molecule has 0 aliphatic carbocycles. The molecule has 2 heterocycles. The van der Waals surface area contributed by atoms with E-state index >= 15 is 0 Å². The highest BCUT2D eigenvalue weighted by molar-refractivity contribution is 7.89. The number of benzene rings is 1. The van der Waals surface area contributed by atoms with Gasteiger partial charge in [-0.3, -0.25) is 9.59 Å². The molecule has 2 aliphatic rings. The molecule has 0 unspecified atom stereocenters. The van der Waals surface area contributed by atoms with Crippen LogP contribution in [0.1, 0.15) is 48.9 Å². The van der Waals surface area contributed by atoms with Crippen LogP contribution in [0.4, 0.5) is 0 Å². The third kappa shape index (κ3) is 4.50. The molecule has 1 aromatic carbocycles. The van der Waals surface area contributed by atoms with E-state index in [1.54, 1.807) is 23.1 Å². The number of rotatable bonds is 5. The van der Waals surface area contributed by atoms with Gasteiger partial charge in [0.1, 0.15) is 0 Å². The van der Waals surface area contributed by atoms with Crippen LogP contribution in [0.5, 0.6) is 0 Å². The van der Waals surface area contributed by atoms with E-state index in [0.717, 1.165) is 19.3 Å². The number of carboxylic acids is 1. The van der Waals surface area contributed by atoms with E-state index in [-0.39, 0.29) is 28.7 Å². The molecule has 2 saturated heterocycles. The van der Waals surface area contributed by atoms with Gasteiger partial charge in [-0.25, -0.2) is 8.42 Å². The second-order valence-corrected chi connectivity index (χ2v) is 9.20. The van der Waals surface area contributed by atoms with Crippen molar-refractivity contribution in [2.24, 2.45) is 5.92 Å². The quantitative estimate of drug-likeness (QED) is 0.826. The summed E-state index contributed by atoms with van der Waals surface area (Å²) in [5, 5.41) is 8.92. The maximum atomic E-state index is 13.1. The predicted octanol–water partition coefficient (Wildman–Crippen LogP) is 2.19. The summed E-state index contributed by atoms with van der Waals surface area (Å²) >= 11 is 0. The fourth-order valence-corrected chi connectivity index (χ4v) is 5.57. The van der Waals surface area contributed by atoms with E-state index in [1.807, 2.05) is 0 Å². The minimum Gasteiger partial charge on any atom is -0.481 e. The SMILES string of the molecule is O=C(O)CC1CCN(C(=O)c2ccccc2S(=O)(=O)N2CCCCC2)CC1. The molecule has 0 spiro atoms. The highest BCUT2D eigenvalue weighted by Gasteiger charge is 2.32. The number of hydrogen-bond donors (Lipinski definition) is 1. The van der Waals surface area contributed by atoms with E-state index in [4.69, 9.17) is 5.11 Å². The Hall–Kier alpha value is -1.93. The smallest absolute Gasteiger partial charge is 0.303 e. The van der Waals surface area contributed by atoms with Crippen molar-refractivity contribution in [1.29, 1.82) is 0 Å². The number of carbonyl (C=O) groups is 2. The van der Waals surface area contributed by atoms with Crippen molar-refractivity contribution in [2.45, 2.75) is 43.4 Å². The van der Waals surface area contributed by atoms with Gasteiger partial charge in [0.15, 0.2) is 0 Å². The first-order chi connectivity index (χ1) is 12.9. The highest BCUT2D eigenvalue weighted by atomic mass is 32.2. The van der Waals surface area contributed by atoms with Gasteiger partial charge in [-0.05, 0) is 43.7 Å². The first kappa shape index (κ1) is 19.8. The minimum atomic E-state index is -3.69. The number of piperidine rings is 2. The van der Waals surface area contributed by atoms with Crippen molar-refractivity contribution in [3.05, 3.63) is 29.8 Å². The molecule has 8 heteroatoms. The Morgan fingerprint density at radius 1 is 1.00 bits per heavy atom. The number of hydrogen-bond acceptors (Lipinski definition) is 4. The Morgan fingerprint density at radius 2 is 1.63 bits per heavy atom. The Kier molecular flexibility index (Phi) is 6.16. The third-order valence-corrected chi connectivity index (χ3v) is 7.37. The summed E-state index contributed by atoms with van der Waals surface area (Å²) in [5.74, 6) is -1.04. The lowest BCUT2D eigenvalue weighted by atomic mass is 9.93. The highest BCUT2D eigenvalue weighted by Crippen LogP contribution is 2.27. The molecule has 1 N–H and O–H groups in total. The number of carboxylic acid groups (broad SMARTS) is 1. The second kappa shape index (κ2) is 8.39. The lowest BCUT2D eigenvalue weighted by molar-refractivity contribution is -0.138. The molecule has 2 aliphatic heterocycles. The van der Waals surface area contributed by atoms with E-state index in [9.17, 15) is 18.0 Å². The predicted molar refractivity (Wildman–Crippen MR) is 99.9 cm³/mol. The fourth-order valence-electron chi connectivity index (χ4n) is 3.87. The topological polar surface area (TPSA) is 95.0 Å². The van der Waals surface area contributed by atoms with E-state index in [1.165, 1.54) is 10.4 Å². The molecule has 7 nitrogen and oxygen atoms in total. The first-order valence-corrected chi connectivity index (χ1v) is 10.9. The summed E-state index contributed by atoms with van der Waals surface area (Å²) in [6, 6.07) is 6.41. The van der Waals surface area contributed by atoms with Crippen LogP contribution in [0.3, 0.4) is 0 Å². The van der Waals surface area contributed by atoms with Crippen LogP contribution in [-0.2, 0) is 14.8 Å². The summed E-state index contributed by atoms with van der Waals surface area (Å²) < 4.78 is 27.6. The Bertz CT molecular complexity index is 794. The van der Waals surface area contributed by atoms with Crippen LogP contribution in [0.25, 0.3) is 0 Å². The largest absolute Gasteiger partial charge is 0.481 e. The maximum Gasteiger partial charge on any atom is 0.303 e. The van der Waals surface area contributed by atoms with Crippen LogP contribution in [-0.4, -0.2) is 60.8 Å². The normalized spacial score (nSPS) is 19.8. The van der Waals surface area contributed by atoms with Crippen molar-refractivity contribution >= 4 is 21.9 Å².